The summed E-state index contributed by atoms with van der Waals surface area (Å²) in [6, 6.07) is -0.159. The third kappa shape index (κ3) is 4.02. The van der Waals surface area contributed by atoms with E-state index < -0.39 is 10.0 Å². The Morgan fingerprint density at radius 2 is 2.40 bits per heavy atom. The Bertz CT molecular complexity index is 509. The Kier molecular flexibility index (Phi) is 5.53. The number of hydrogen-bond acceptors (Lipinski definition) is 5. The van der Waals surface area contributed by atoms with Crippen molar-refractivity contribution in [3.8, 4) is 0 Å². The molecule has 1 unspecified atom stereocenters. The van der Waals surface area contributed by atoms with Gasteiger partial charge in [-0.3, -0.25) is 5.10 Å². The van der Waals surface area contributed by atoms with Crippen LogP contribution in [0.2, 0.25) is 0 Å². The van der Waals surface area contributed by atoms with Gasteiger partial charge in [0, 0.05) is 24.8 Å². The van der Waals surface area contributed by atoms with E-state index in [1.54, 1.807) is 6.20 Å². The zero-order valence-electron chi connectivity index (χ0n) is 11.7. The van der Waals surface area contributed by atoms with Crippen molar-refractivity contribution in [2.24, 2.45) is 0 Å². The number of ether oxygens (including phenoxy) is 1. The number of nitrogens with one attached hydrogen (secondary N) is 3. The molecule has 0 bridgehead atoms. The first-order valence-electron chi connectivity index (χ1n) is 6.96. The predicted octanol–water partition coefficient (Wildman–Crippen LogP) is 0.367. The number of sulfonamides is 1. The van der Waals surface area contributed by atoms with Gasteiger partial charge in [0.15, 0.2) is 5.03 Å². The highest BCUT2D eigenvalue weighted by molar-refractivity contribution is 7.89. The molecule has 1 aromatic heterocycles. The van der Waals surface area contributed by atoms with Crippen molar-refractivity contribution in [1.29, 1.82) is 0 Å². The molecule has 114 valence electrons. The lowest BCUT2D eigenvalue weighted by atomic mass is 10.1. The van der Waals surface area contributed by atoms with E-state index in [0.717, 1.165) is 25.8 Å². The van der Waals surface area contributed by atoms with Crippen molar-refractivity contribution in [1.82, 2.24) is 20.2 Å². The monoisotopic (exact) mass is 302 g/mol. The van der Waals surface area contributed by atoms with Crippen molar-refractivity contribution in [2.75, 3.05) is 19.8 Å². The largest absolute Gasteiger partial charge is 0.380 e. The summed E-state index contributed by atoms with van der Waals surface area (Å²) in [6.07, 6.45) is 4.23. The van der Waals surface area contributed by atoms with Crippen LogP contribution in [0.4, 0.5) is 0 Å². The normalized spacial score (nSPS) is 20.1. The quantitative estimate of drug-likeness (QED) is 0.632. The van der Waals surface area contributed by atoms with Gasteiger partial charge in [-0.15, -0.1) is 0 Å². The third-order valence-electron chi connectivity index (χ3n) is 3.17. The minimum Gasteiger partial charge on any atom is -0.380 e. The highest BCUT2D eigenvalue weighted by atomic mass is 32.2. The second-order valence-corrected chi connectivity index (χ2v) is 6.59. The smallest absolute Gasteiger partial charge is 0.258 e. The molecule has 1 atom stereocenters. The van der Waals surface area contributed by atoms with Crippen LogP contribution in [0.1, 0.15) is 31.7 Å². The number of hydrogen-bond donors (Lipinski definition) is 3. The zero-order valence-corrected chi connectivity index (χ0v) is 12.5. The summed E-state index contributed by atoms with van der Waals surface area (Å²) in [6.45, 7) is 4.52. The molecule has 7 nitrogen and oxygen atoms in total. The molecule has 1 aliphatic rings. The highest BCUT2D eigenvalue weighted by Crippen LogP contribution is 2.14. The molecule has 0 aliphatic carbocycles. The average molecular weight is 302 g/mol. The maximum absolute atomic E-state index is 12.3. The fourth-order valence-corrected chi connectivity index (χ4v) is 3.56. The van der Waals surface area contributed by atoms with Gasteiger partial charge in [0.05, 0.1) is 12.8 Å². The molecule has 1 aromatic rings. The first-order valence-corrected chi connectivity index (χ1v) is 8.45. The fraction of sp³-hybridized carbons (Fsp3) is 0.750. The van der Waals surface area contributed by atoms with Crippen molar-refractivity contribution in [3.05, 3.63) is 11.8 Å². The van der Waals surface area contributed by atoms with Crippen molar-refractivity contribution >= 4 is 10.0 Å². The van der Waals surface area contributed by atoms with E-state index in [1.807, 2.05) is 0 Å². The van der Waals surface area contributed by atoms with Crippen LogP contribution in [0.3, 0.4) is 0 Å². The van der Waals surface area contributed by atoms with Crippen molar-refractivity contribution in [3.63, 3.8) is 0 Å². The zero-order chi connectivity index (χ0) is 14.4. The van der Waals surface area contributed by atoms with Crippen LogP contribution in [-0.2, 0) is 21.3 Å². The molecule has 0 aromatic carbocycles. The Labute approximate surface area is 119 Å². The van der Waals surface area contributed by atoms with E-state index >= 15 is 0 Å². The SMILES string of the molecule is CCCNCc1cn[nH]c1S(=O)(=O)NC1CCCOC1. The molecule has 0 spiro atoms. The van der Waals surface area contributed by atoms with Gasteiger partial charge in [-0.2, -0.15) is 5.10 Å². The van der Waals surface area contributed by atoms with Gasteiger partial charge in [-0.25, -0.2) is 13.1 Å². The van der Waals surface area contributed by atoms with Crippen LogP contribution in [0.25, 0.3) is 0 Å². The maximum atomic E-state index is 12.3. The summed E-state index contributed by atoms with van der Waals surface area (Å²) in [5, 5.41) is 9.75. The molecule has 20 heavy (non-hydrogen) atoms. The van der Waals surface area contributed by atoms with Crippen LogP contribution in [-0.4, -0.2) is 44.4 Å². The number of nitrogens with zero attached hydrogens (tertiary/aromatic N) is 1. The molecule has 0 amide bonds. The van der Waals surface area contributed by atoms with Crippen LogP contribution >= 0.6 is 0 Å². The third-order valence-corrected chi connectivity index (χ3v) is 4.71. The van der Waals surface area contributed by atoms with E-state index in [9.17, 15) is 8.42 Å². The second-order valence-electron chi connectivity index (χ2n) is 4.94. The summed E-state index contributed by atoms with van der Waals surface area (Å²) in [4.78, 5) is 0. The van der Waals surface area contributed by atoms with Crippen LogP contribution in [0.5, 0.6) is 0 Å². The Balaban J connectivity index is 2.03. The van der Waals surface area contributed by atoms with Crippen LogP contribution < -0.4 is 10.0 Å². The van der Waals surface area contributed by atoms with Crippen LogP contribution in [0, 0.1) is 0 Å². The van der Waals surface area contributed by atoms with Gasteiger partial charge in [0.1, 0.15) is 0 Å². The summed E-state index contributed by atoms with van der Waals surface area (Å²) < 4.78 is 32.7. The van der Waals surface area contributed by atoms with E-state index in [4.69, 9.17) is 4.74 Å². The molecule has 1 saturated heterocycles. The molecule has 0 saturated carbocycles. The van der Waals surface area contributed by atoms with Gasteiger partial charge in [0.2, 0.25) is 0 Å². The van der Waals surface area contributed by atoms with Crippen LogP contribution in [0.15, 0.2) is 11.2 Å². The minimum absolute atomic E-state index is 0.145. The lowest BCUT2D eigenvalue weighted by Crippen LogP contribution is -2.41. The topological polar surface area (TPSA) is 96.1 Å². The van der Waals surface area contributed by atoms with E-state index in [1.165, 1.54) is 0 Å². The predicted molar refractivity (Wildman–Crippen MR) is 74.7 cm³/mol. The maximum Gasteiger partial charge on any atom is 0.258 e. The van der Waals surface area contributed by atoms with E-state index in [-0.39, 0.29) is 11.1 Å². The Morgan fingerprint density at radius 3 is 3.10 bits per heavy atom. The molecule has 1 fully saturated rings. The number of aromatic nitrogens is 2. The molecular formula is C12H22N4O3S. The molecule has 8 heteroatoms. The highest BCUT2D eigenvalue weighted by Gasteiger charge is 2.25. The molecule has 2 rings (SSSR count). The molecule has 3 N–H and O–H groups in total. The lowest BCUT2D eigenvalue weighted by Gasteiger charge is -2.22. The van der Waals surface area contributed by atoms with Crippen molar-refractivity contribution < 1.29 is 13.2 Å². The molecule has 2 heterocycles. The molecular weight excluding hydrogens is 280 g/mol. The first kappa shape index (κ1) is 15.4. The molecule has 0 radical (unpaired) electrons. The summed E-state index contributed by atoms with van der Waals surface area (Å²) in [7, 11) is -3.57. The number of rotatable bonds is 7. The average Bonchev–Trinajstić information content (AvgIpc) is 2.89. The lowest BCUT2D eigenvalue weighted by molar-refractivity contribution is 0.0774. The standard InChI is InChI=1S/C12H22N4O3S/c1-2-5-13-7-10-8-14-15-12(10)20(17,18)16-11-4-3-6-19-9-11/h8,11,13,16H,2-7,9H2,1H3,(H,14,15). The summed E-state index contributed by atoms with van der Waals surface area (Å²) in [5.74, 6) is 0. The second kappa shape index (κ2) is 7.16. The Hall–Kier alpha value is -0.960. The van der Waals surface area contributed by atoms with Gasteiger partial charge >= 0.3 is 0 Å². The number of aromatic amines is 1. The minimum atomic E-state index is -3.57. The van der Waals surface area contributed by atoms with Crippen molar-refractivity contribution in [2.45, 2.75) is 43.8 Å². The molecule has 1 aliphatic heterocycles. The van der Waals surface area contributed by atoms with Gasteiger partial charge in [-0.05, 0) is 25.8 Å². The van der Waals surface area contributed by atoms with E-state index in [0.29, 0.717) is 25.3 Å². The van der Waals surface area contributed by atoms with Gasteiger partial charge in [-0.1, -0.05) is 6.92 Å². The number of H-pyrrole nitrogens is 1. The van der Waals surface area contributed by atoms with Gasteiger partial charge in [0.25, 0.3) is 10.0 Å². The summed E-state index contributed by atoms with van der Waals surface area (Å²) in [5.41, 5.74) is 0.655. The Morgan fingerprint density at radius 1 is 1.55 bits per heavy atom. The first-order chi connectivity index (χ1) is 9.63. The van der Waals surface area contributed by atoms with E-state index in [2.05, 4.69) is 27.2 Å². The fourth-order valence-electron chi connectivity index (χ4n) is 2.17. The van der Waals surface area contributed by atoms with Gasteiger partial charge < -0.3 is 10.1 Å². The summed E-state index contributed by atoms with van der Waals surface area (Å²) >= 11 is 0.